The number of hydrogen-bond donors (Lipinski definition) is 0. The number of benzene rings is 2. The summed E-state index contributed by atoms with van der Waals surface area (Å²) in [4.78, 5) is 4.24. The standard InChI is InChI=1S/C18H17N2/c1-14-8-9-16(15-6-4-3-5-7-15)12-17(14)18-13-19-10-11-20(18)2/h3-13H,1-2H3/q+1. The van der Waals surface area contributed by atoms with Crippen molar-refractivity contribution >= 4 is 0 Å². The summed E-state index contributed by atoms with van der Waals surface area (Å²) >= 11 is 0. The first kappa shape index (κ1) is 12.5. The Morgan fingerprint density at radius 1 is 0.950 bits per heavy atom. The Balaban J connectivity index is 2.15. The molecule has 0 N–H and O–H groups in total. The maximum atomic E-state index is 4.24. The number of aryl methyl sites for hydroxylation is 2. The molecule has 0 atom stereocenters. The lowest BCUT2D eigenvalue weighted by molar-refractivity contribution is -0.660. The second kappa shape index (κ2) is 5.25. The number of nitrogens with zero attached hydrogens (tertiary/aromatic N) is 2. The van der Waals surface area contributed by atoms with Crippen LogP contribution in [0.3, 0.4) is 0 Å². The van der Waals surface area contributed by atoms with E-state index >= 15 is 0 Å². The molecule has 0 aliphatic heterocycles. The Morgan fingerprint density at radius 2 is 1.75 bits per heavy atom. The Labute approximate surface area is 119 Å². The van der Waals surface area contributed by atoms with E-state index in [0.717, 1.165) is 5.69 Å². The Bertz CT molecular complexity index is 733. The van der Waals surface area contributed by atoms with E-state index in [1.165, 1.54) is 22.3 Å². The van der Waals surface area contributed by atoms with Crippen molar-refractivity contribution in [3.63, 3.8) is 0 Å². The summed E-state index contributed by atoms with van der Waals surface area (Å²) in [7, 11) is 2.05. The highest BCUT2D eigenvalue weighted by Crippen LogP contribution is 2.27. The summed E-state index contributed by atoms with van der Waals surface area (Å²) in [5.74, 6) is 0. The van der Waals surface area contributed by atoms with Crippen LogP contribution in [0.15, 0.2) is 67.1 Å². The Morgan fingerprint density at radius 3 is 2.50 bits per heavy atom. The van der Waals surface area contributed by atoms with Crippen molar-refractivity contribution in [3.05, 3.63) is 72.7 Å². The molecule has 2 aromatic carbocycles. The molecule has 98 valence electrons. The maximum absolute atomic E-state index is 4.24. The van der Waals surface area contributed by atoms with Gasteiger partial charge in [0.15, 0.2) is 6.20 Å². The summed E-state index contributed by atoms with van der Waals surface area (Å²) in [6, 6.07) is 17.0. The van der Waals surface area contributed by atoms with Crippen LogP contribution < -0.4 is 4.57 Å². The minimum atomic E-state index is 1.13. The molecule has 0 bridgehead atoms. The van der Waals surface area contributed by atoms with E-state index in [2.05, 4.69) is 58.9 Å². The van der Waals surface area contributed by atoms with Crippen LogP contribution in [0, 0.1) is 6.92 Å². The van der Waals surface area contributed by atoms with E-state index in [0.29, 0.717) is 0 Å². The molecule has 0 amide bonds. The van der Waals surface area contributed by atoms with E-state index in [-0.39, 0.29) is 0 Å². The lowest BCUT2D eigenvalue weighted by Gasteiger charge is -2.07. The van der Waals surface area contributed by atoms with Crippen molar-refractivity contribution in [1.29, 1.82) is 0 Å². The van der Waals surface area contributed by atoms with Crippen LogP contribution >= 0.6 is 0 Å². The summed E-state index contributed by atoms with van der Waals surface area (Å²) in [5, 5.41) is 0. The van der Waals surface area contributed by atoms with Gasteiger partial charge in [0, 0.05) is 0 Å². The smallest absolute Gasteiger partial charge is 0.231 e. The fourth-order valence-corrected chi connectivity index (χ4v) is 2.39. The third-order valence-corrected chi connectivity index (χ3v) is 3.57. The molecule has 3 aromatic rings. The van der Waals surface area contributed by atoms with Crippen molar-refractivity contribution in [2.45, 2.75) is 6.92 Å². The van der Waals surface area contributed by atoms with Gasteiger partial charge in [-0.2, -0.15) is 4.57 Å². The van der Waals surface area contributed by atoms with Gasteiger partial charge < -0.3 is 0 Å². The van der Waals surface area contributed by atoms with Crippen LogP contribution in [0.1, 0.15) is 5.56 Å². The van der Waals surface area contributed by atoms with Crippen LogP contribution in [0.5, 0.6) is 0 Å². The molecule has 2 nitrogen and oxygen atoms in total. The monoisotopic (exact) mass is 261 g/mol. The lowest BCUT2D eigenvalue weighted by Crippen LogP contribution is -2.30. The van der Waals surface area contributed by atoms with Crippen LogP contribution in [0.25, 0.3) is 22.4 Å². The van der Waals surface area contributed by atoms with Crippen molar-refractivity contribution in [3.8, 4) is 22.4 Å². The highest BCUT2D eigenvalue weighted by Gasteiger charge is 2.13. The third kappa shape index (κ3) is 2.32. The Hall–Kier alpha value is -2.48. The molecule has 0 aliphatic carbocycles. The minimum absolute atomic E-state index is 1.13. The zero-order valence-electron chi connectivity index (χ0n) is 11.7. The predicted molar refractivity (Wildman–Crippen MR) is 81.0 cm³/mol. The topological polar surface area (TPSA) is 16.8 Å². The summed E-state index contributed by atoms with van der Waals surface area (Å²) in [6.45, 7) is 2.14. The highest BCUT2D eigenvalue weighted by atomic mass is 14.9. The normalized spacial score (nSPS) is 10.5. The van der Waals surface area contributed by atoms with E-state index in [4.69, 9.17) is 0 Å². The van der Waals surface area contributed by atoms with E-state index < -0.39 is 0 Å². The third-order valence-electron chi connectivity index (χ3n) is 3.57. The molecule has 0 radical (unpaired) electrons. The lowest BCUT2D eigenvalue weighted by atomic mass is 9.98. The molecule has 0 unspecified atom stereocenters. The van der Waals surface area contributed by atoms with Gasteiger partial charge in [0.25, 0.3) is 0 Å². The van der Waals surface area contributed by atoms with Gasteiger partial charge in [0.1, 0.15) is 7.05 Å². The first-order valence-electron chi connectivity index (χ1n) is 6.72. The van der Waals surface area contributed by atoms with Gasteiger partial charge in [0.05, 0.1) is 18.0 Å². The van der Waals surface area contributed by atoms with Crippen LogP contribution in [-0.2, 0) is 7.05 Å². The SMILES string of the molecule is Cc1ccc(-c2ccccc2)cc1-c1cncc[n+]1C. The fourth-order valence-electron chi connectivity index (χ4n) is 2.39. The van der Waals surface area contributed by atoms with Gasteiger partial charge in [-0.25, -0.2) is 0 Å². The second-order valence-corrected chi connectivity index (χ2v) is 4.97. The molecule has 20 heavy (non-hydrogen) atoms. The molecule has 3 rings (SSSR count). The van der Waals surface area contributed by atoms with Crippen LogP contribution in [-0.4, -0.2) is 4.98 Å². The molecular formula is C18H17N2+. The molecular weight excluding hydrogens is 244 g/mol. The van der Waals surface area contributed by atoms with Gasteiger partial charge in [-0.1, -0.05) is 42.5 Å². The van der Waals surface area contributed by atoms with Gasteiger partial charge >= 0.3 is 0 Å². The number of hydrogen-bond acceptors (Lipinski definition) is 1. The predicted octanol–water partition coefficient (Wildman–Crippen LogP) is 3.55. The zero-order chi connectivity index (χ0) is 13.9. The van der Waals surface area contributed by atoms with Crippen molar-refractivity contribution < 1.29 is 4.57 Å². The molecule has 0 saturated heterocycles. The van der Waals surface area contributed by atoms with Crippen molar-refractivity contribution in [2.75, 3.05) is 0 Å². The maximum Gasteiger partial charge on any atom is 0.231 e. The van der Waals surface area contributed by atoms with Crippen molar-refractivity contribution in [1.82, 2.24) is 4.98 Å². The largest absolute Gasteiger partial charge is 0.252 e. The van der Waals surface area contributed by atoms with E-state index in [9.17, 15) is 0 Å². The van der Waals surface area contributed by atoms with Gasteiger partial charge in [-0.3, -0.25) is 4.98 Å². The van der Waals surface area contributed by atoms with E-state index in [1.54, 1.807) is 6.20 Å². The zero-order valence-corrected chi connectivity index (χ0v) is 11.7. The molecule has 1 aromatic heterocycles. The quantitative estimate of drug-likeness (QED) is 0.645. The van der Waals surface area contributed by atoms with E-state index in [1.807, 2.05) is 25.5 Å². The molecule has 0 spiro atoms. The van der Waals surface area contributed by atoms with Crippen LogP contribution in [0.2, 0.25) is 0 Å². The Kier molecular flexibility index (Phi) is 3.30. The molecule has 0 aliphatic rings. The van der Waals surface area contributed by atoms with Gasteiger partial charge in [-0.05, 0) is 29.7 Å². The first-order valence-corrected chi connectivity index (χ1v) is 6.72. The highest BCUT2D eigenvalue weighted by molar-refractivity contribution is 5.72. The molecule has 0 fully saturated rings. The fraction of sp³-hybridized carbons (Fsp3) is 0.111. The average Bonchev–Trinajstić information content (AvgIpc) is 2.49. The summed E-state index contributed by atoms with van der Waals surface area (Å²) in [5.41, 5.74) is 6.08. The summed E-state index contributed by atoms with van der Waals surface area (Å²) < 4.78 is 2.10. The minimum Gasteiger partial charge on any atom is -0.252 e. The molecule has 2 heteroatoms. The first-order chi connectivity index (χ1) is 9.75. The number of aromatic nitrogens is 2. The molecule has 1 heterocycles. The van der Waals surface area contributed by atoms with Crippen molar-refractivity contribution in [2.24, 2.45) is 7.05 Å². The second-order valence-electron chi connectivity index (χ2n) is 4.97. The van der Waals surface area contributed by atoms with Crippen LogP contribution in [0.4, 0.5) is 0 Å². The van der Waals surface area contributed by atoms with Gasteiger partial charge in [0.2, 0.25) is 5.69 Å². The summed E-state index contributed by atoms with van der Waals surface area (Å²) in [6.07, 6.45) is 5.70. The number of rotatable bonds is 2. The molecule has 0 saturated carbocycles. The average molecular weight is 261 g/mol. The van der Waals surface area contributed by atoms with Gasteiger partial charge in [-0.15, -0.1) is 0 Å².